The second-order valence-corrected chi connectivity index (χ2v) is 7.47. The molecule has 1 atom stereocenters. The maximum absolute atomic E-state index is 11.5. The predicted molar refractivity (Wildman–Crippen MR) is 78.5 cm³/mol. The van der Waals surface area contributed by atoms with Gasteiger partial charge in [-0.1, -0.05) is 18.5 Å². The number of halogens is 1. The molecule has 1 aromatic heterocycles. The summed E-state index contributed by atoms with van der Waals surface area (Å²) in [5.41, 5.74) is 1.77. The molecule has 1 heterocycles. The molecular formula is C12H22ClN3O2S. The SMILES string of the molecule is CCCNC(Cc1c(C)nn(C)c1Cl)CS(C)(=O)=O. The van der Waals surface area contributed by atoms with E-state index in [2.05, 4.69) is 10.4 Å². The molecule has 7 heteroatoms. The van der Waals surface area contributed by atoms with Gasteiger partial charge in [0.15, 0.2) is 0 Å². The van der Waals surface area contributed by atoms with E-state index < -0.39 is 9.84 Å². The minimum atomic E-state index is -3.03. The molecule has 0 saturated heterocycles. The van der Waals surface area contributed by atoms with E-state index >= 15 is 0 Å². The number of aromatic nitrogens is 2. The van der Waals surface area contributed by atoms with E-state index in [0.29, 0.717) is 11.6 Å². The zero-order chi connectivity index (χ0) is 14.6. The highest BCUT2D eigenvalue weighted by molar-refractivity contribution is 7.90. The second kappa shape index (κ2) is 6.72. The first-order valence-corrected chi connectivity index (χ1v) is 8.77. The first kappa shape index (κ1) is 16.5. The van der Waals surface area contributed by atoms with E-state index in [-0.39, 0.29) is 11.8 Å². The Hall–Kier alpha value is -0.590. The number of hydrogen-bond donors (Lipinski definition) is 1. The van der Waals surface area contributed by atoms with Crippen molar-refractivity contribution in [3.8, 4) is 0 Å². The third-order valence-electron chi connectivity index (χ3n) is 2.91. The normalized spacial score (nSPS) is 13.7. The van der Waals surface area contributed by atoms with Crippen LogP contribution in [0.15, 0.2) is 0 Å². The highest BCUT2D eigenvalue weighted by Gasteiger charge is 2.20. The maximum atomic E-state index is 11.5. The predicted octanol–water partition coefficient (Wildman–Crippen LogP) is 1.34. The van der Waals surface area contributed by atoms with Crippen molar-refractivity contribution in [3.63, 3.8) is 0 Å². The zero-order valence-electron chi connectivity index (χ0n) is 11.9. The molecule has 0 spiro atoms. The molecule has 1 unspecified atom stereocenters. The molecule has 19 heavy (non-hydrogen) atoms. The molecule has 0 amide bonds. The van der Waals surface area contributed by atoms with Crippen molar-refractivity contribution in [1.82, 2.24) is 15.1 Å². The van der Waals surface area contributed by atoms with Crippen LogP contribution < -0.4 is 5.32 Å². The number of nitrogens with one attached hydrogen (secondary N) is 1. The number of sulfone groups is 1. The molecule has 5 nitrogen and oxygen atoms in total. The second-order valence-electron chi connectivity index (χ2n) is 4.93. The average molecular weight is 308 g/mol. The fourth-order valence-electron chi connectivity index (χ4n) is 2.06. The lowest BCUT2D eigenvalue weighted by Crippen LogP contribution is -2.37. The topological polar surface area (TPSA) is 64.0 Å². The lowest BCUT2D eigenvalue weighted by molar-refractivity contribution is 0.529. The Labute approximate surface area is 120 Å². The van der Waals surface area contributed by atoms with Gasteiger partial charge in [0, 0.05) is 24.9 Å². The van der Waals surface area contributed by atoms with Gasteiger partial charge in [-0.15, -0.1) is 0 Å². The average Bonchev–Trinajstić information content (AvgIpc) is 2.51. The van der Waals surface area contributed by atoms with Crippen LogP contribution in [0.3, 0.4) is 0 Å². The maximum Gasteiger partial charge on any atom is 0.148 e. The molecular weight excluding hydrogens is 286 g/mol. The van der Waals surface area contributed by atoms with Crippen LogP contribution in [-0.4, -0.2) is 42.8 Å². The minimum absolute atomic E-state index is 0.109. The first-order chi connectivity index (χ1) is 8.74. The lowest BCUT2D eigenvalue weighted by atomic mass is 10.1. The summed E-state index contributed by atoms with van der Waals surface area (Å²) in [4.78, 5) is 0. The summed E-state index contributed by atoms with van der Waals surface area (Å²) in [5, 5.41) is 8.09. The number of nitrogens with zero attached hydrogens (tertiary/aromatic N) is 2. The Kier molecular flexibility index (Phi) is 5.82. The Balaban J connectivity index is 2.87. The summed E-state index contributed by atoms with van der Waals surface area (Å²) >= 11 is 6.19. The van der Waals surface area contributed by atoms with Gasteiger partial charge in [0.05, 0.1) is 11.4 Å². The molecule has 1 aromatic rings. The van der Waals surface area contributed by atoms with Gasteiger partial charge in [-0.3, -0.25) is 4.68 Å². The third kappa shape index (κ3) is 5.12. The van der Waals surface area contributed by atoms with E-state index in [9.17, 15) is 8.42 Å². The van der Waals surface area contributed by atoms with Crippen LogP contribution in [0.5, 0.6) is 0 Å². The third-order valence-corrected chi connectivity index (χ3v) is 4.39. The number of rotatable bonds is 7. The smallest absolute Gasteiger partial charge is 0.148 e. The minimum Gasteiger partial charge on any atom is -0.313 e. The molecule has 0 saturated carbocycles. The Morgan fingerprint density at radius 2 is 2.11 bits per heavy atom. The summed E-state index contributed by atoms with van der Waals surface area (Å²) in [7, 11) is -1.24. The van der Waals surface area contributed by atoms with Crippen LogP contribution in [0.2, 0.25) is 5.15 Å². The molecule has 0 aliphatic rings. The largest absolute Gasteiger partial charge is 0.313 e. The van der Waals surface area contributed by atoms with E-state index in [0.717, 1.165) is 24.2 Å². The molecule has 0 radical (unpaired) electrons. The summed E-state index contributed by atoms with van der Waals surface area (Å²) in [6.07, 6.45) is 2.79. The van der Waals surface area contributed by atoms with Crippen molar-refractivity contribution >= 4 is 21.4 Å². The van der Waals surface area contributed by atoms with Gasteiger partial charge < -0.3 is 5.32 Å². The Morgan fingerprint density at radius 3 is 2.53 bits per heavy atom. The van der Waals surface area contributed by atoms with E-state index in [1.54, 1.807) is 11.7 Å². The molecule has 0 aliphatic heterocycles. The highest BCUT2D eigenvalue weighted by Crippen LogP contribution is 2.20. The van der Waals surface area contributed by atoms with Crippen LogP contribution in [0.25, 0.3) is 0 Å². The monoisotopic (exact) mass is 307 g/mol. The first-order valence-electron chi connectivity index (χ1n) is 6.33. The standard InChI is InChI=1S/C12H22ClN3O2S/c1-5-6-14-10(8-19(4,17)18)7-11-9(2)15-16(3)12(11)13/h10,14H,5-8H2,1-4H3. The number of aryl methyl sites for hydroxylation is 2. The fraction of sp³-hybridized carbons (Fsp3) is 0.750. The summed E-state index contributed by atoms with van der Waals surface area (Å²) in [6, 6.07) is -0.129. The van der Waals surface area contributed by atoms with E-state index in [1.807, 2.05) is 13.8 Å². The van der Waals surface area contributed by atoms with Crippen LogP contribution in [-0.2, 0) is 23.3 Å². The molecule has 0 aromatic carbocycles. The fourth-order valence-corrected chi connectivity index (χ4v) is 3.27. The van der Waals surface area contributed by atoms with Crippen molar-refractivity contribution in [2.75, 3.05) is 18.6 Å². The van der Waals surface area contributed by atoms with Crippen LogP contribution >= 0.6 is 11.6 Å². The lowest BCUT2D eigenvalue weighted by Gasteiger charge is -2.17. The summed E-state index contributed by atoms with van der Waals surface area (Å²) in [6.45, 7) is 4.72. The molecule has 1 rings (SSSR count). The van der Waals surface area contributed by atoms with Crippen molar-refractivity contribution in [2.24, 2.45) is 7.05 Å². The van der Waals surface area contributed by atoms with Gasteiger partial charge in [-0.05, 0) is 26.3 Å². The molecule has 0 aliphatic carbocycles. The summed E-state index contributed by atoms with van der Waals surface area (Å²) in [5.74, 6) is 0.109. The van der Waals surface area contributed by atoms with Crippen molar-refractivity contribution in [2.45, 2.75) is 32.7 Å². The molecule has 0 fully saturated rings. The van der Waals surface area contributed by atoms with Gasteiger partial charge in [-0.2, -0.15) is 5.10 Å². The van der Waals surface area contributed by atoms with E-state index in [1.165, 1.54) is 6.26 Å². The molecule has 0 bridgehead atoms. The van der Waals surface area contributed by atoms with Gasteiger partial charge in [-0.25, -0.2) is 8.42 Å². The van der Waals surface area contributed by atoms with Crippen molar-refractivity contribution in [1.29, 1.82) is 0 Å². The zero-order valence-corrected chi connectivity index (χ0v) is 13.5. The highest BCUT2D eigenvalue weighted by atomic mass is 35.5. The Morgan fingerprint density at radius 1 is 1.47 bits per heavy atom. The van der Waals surface area contributed by atoms with Gasteiger partial charge >= 0.3 is 0 Å². The van der Waals surface area contributed by atoms with Crippen LogP contribution in [0, 0.1) is 6.92 Å². The molecule has 1 N–H and O–H groups in total. The van der Waals surface area contributed by atoms with E-state index in [4.69, 9.17) is 11.6 Å². The van der Waals surface area contributed by atoms with Crippen LogP contribution in [0.1, 0.15) is 24.6 Å². The van der Waals surface area contributed by atoms with Crippen LogP contribution in [0.4, 0.5) is 0 Å². The number of hydrogen-bond acceptors (Lipinski definition) is 4. The van der Waals surface area contributed by atoms with Gasteiger partial charge in [0.25, 0.3) is 0 Å². The Bertz CT molecular complexity index is 525. The quantitative estimate of drug-likeness (QED) is 0.825. The van der Waals surface area contributed by atoms with Gasteiger partial charge in [0.2, 0.25) is 0 Å². The van der Waals surface area contributed by atoms with Gasteiger partial charge in [0.1, 0.15) is 15.0 Å². The molecule has 110 valence electrons. The van der Waals surface area contributed by atoms with Crippen molar-refractivity contribution < 1.29 is 8.42 Å². The summed E-state index contributed by atoms with van der Waals surface area (Å²) < 4.78 is 24.6. The van der Waals surface area contributed by atoms with Crippen molar-refractivity contribution in [3.05, 3.63) is 16.4 Å².